The molecular formula is C18H27N3O6. The highest BCUT2D eigenvalue weighted by Crippen LogP contribution is 2.23. The molecule has 1 rings (SSSR count). The number of hydrogen-bond acceptors (Lipinski definition) is 7. The number of carbonyl (C=O) groups is 2. The Morgan fingerprint density at radius 1 is 1.15 bits per heavy atom. The molecule has 27 heavy (non-hydrogen) atoms. The van der Waals surface area contributed by atoms with Gasteiger partial charge in [-0.3, -0.25) is 10.1 Å². The van der Waals surface area contributed by atoms with Crippen LogP contribution in [-0.2, 0) is 20.7 Å². The van der Waals surface area contributed by atoms with Crippen LogP contribution in [0.2, 0.25) is 0 Å². The monoisotopic (exact) mass is 381 g/mol. The van der Waals surface area contributed by atoms with Crippen molar-refractivity contribution in [1.29, 1.82) is 0 Å². The summed E-state index contributed by atoms with van der Waals surface area (Å²) in [5.41, 5.74) is 4.27. The minimum atomic E-state index is -1.08. The van der Waals surface area contributed by atoms with Crippen molar-refractivity contribution < 1.29 is 24.0 Å². The zero-order valence-electron chi connectivity index (χ0n) is 16.5. The molecule has 0 aliphatic carbocycles. The van der Waals surface area contributed by atoms with E-state index in [9.17, 15) is 19.7 Å². The van der Waals surface area contributed by atoms with Crippen molar-refractivity contribution in [2.45, 2.75) is 65.2 Å². The topological polar surface area (TPSA) is 134 Å². The summed E-state index contributed by atoms with van der Waals surface area (Å²) in [5, 5.41) is 13.5. The second-order valence-corrected chi connectivity index (χ2v) is 8.09. The van der Waals surface area contributed by atoms with Crippen LogP contribution >= 0.6 is 0 Å². The van der Waals surface area contributed by atoms with Crippen LogP contribution in [0, 0.1) is 10.1 Å². The van der Waals surface area contributed by atoms with Crippen LogP contribution in [0.4, 0.5) is 16.2 Å². The number of nitro benzene ring substituents is 1. The summed E-state index contributed by atoms with van der Waals surface area (Å²) in [6.45, 7) is 10.2. The van der Waals surface area contributed by atoms with E-state index >= 15 is 0 Å². The lowest BCUT2D eigenvalue weighted by Gasteiger charge is -2.26. The molecule has 1 atom stereocenters. The fourth-order valence-electron chi connectivity index (χ4n) is 2.13. The van der Waals surface area contributed by atoms with Gasteiger partial charge in [-0.1, -0.05) is 6.07 Å². The number of alkyl carbamates (subject to hydrolysis) is 1. The largest absolute Gasteiger partial charge is 0.458 e. The summed E-state index contributed by atoms with van der Waals surface area (Å²) >= 11 is 0. The molecule has 0 aliphatic heterocycles. The SMILES string of the molecule is CC(C)(C)OC(=O)N[C@@H](Cc1ccc(N)c([N+](=O)[O-])c1)C(=O)OC(C)(C)C. The summed E-state index contributed by atoms with van der Waals surface area (Å²) in [4.78, 5) is 35.0. The van der Waals surface area contributed by atoms with Gasteiger partial charge in [0.2, 0.25) is 0 Å². The van der Waals surface area contributed by atoms with Crippen LogP contribution in [0.1, 0.15) is 47.1 Å². The molecule has 0 unspecified atom stereocenters. The van der Waals surface area contributed by atoms with Crippen molar-refractivity contribution in [3.8, 4) is 0 Å². The van der Waals surface area contributed by atoms with Crippen LogP contribution in [0.15, 0.2) is 18.2 Å². The molecule has 0 aromatic heterocycles. The highest BCUT2D eigenvalue weighted by Gasteiger charge is 2.29. The Hall–Kier alpha value is -2.84. The Labute approximate surface area is 158 Å². The number of nitrogens with zero attached hydrogens (tertiary/aromatic N) is 1. The highest BCUT2D eigenvalue weighted by atomic mass is 16.6. The highest BCUT2D eigenvalue weighted by molar-refractivity contribution is 5.82. The fourth-order valence-corrected chi connectivity index (χ4v) is 2.13. The van der Waals surface area contributed by atoms with Crippen molar-refractivity contribution in [1.82, 2.24) is 5.32 Å². The third-order valence-corrected chi connectivity index (χ3v) is 3.11. The Morgan fingerprint density at radius 3 is 2.19 bits per heavy atom. The van der Waals surface area contributed by atoms with Crippen LogP contribution in [0.25, 0.3) is 0 Å². The van der Waals surface area contributed by atoms with E-state index in [1.165, 1.54) is 12.1 Å². The van der Waals surface area contributed by atoms with E-state index in [1.54, 1.807) is 47.6 Å². The first kappa shape index (κ1) is 22.2. The van der Waals surface area contributed by atoms with Gasteiger partial charge >= 0.3 is 12.1 Å². The minimum Gasteiger partial charge on any atom is -0.458 e. The summed E-state index contributed by atoms with van der Waals surface area (Å²) in [5.74, 6) is -0.673. The summed E-state index contributed by atoms with van der Waals surface area (Å²) in [6.07, 6.45) is -0.807. The van der Waals surface area contributed by atoms with Crippen molar-refractivity contribution in [3.63, 3.8) is 0 Å². The van der Waals surface area contributed by atoms with E-state index in [1.807, 2.05) is 0 Å². The smallest absolute Gasteiger partial charge is 0.408 e. The maximum Gasteiger partial charge on any atom is 0.408 e. The lowest BCUT2D eigenvalue weighted by Crippen LogP contribution is -2.47. The zero-order chi connectivity index (χ0) is 21.0. The third-order valence-electron chi connectivity index (χ3n) is 3.11. The predicted molar refractivity (Wildman–Crippen MR) is 100 cm³/mol. The first-order valence-electron chi connectivity index (χ1n) is 8.43. The lowest BCUT2D eigenvalue weighted by atomic mass is 10.0. The second-order valence-electron chi connectivity index (χ2n) is 8.09. The number of nitro groups is 1. The van der Waals surface area contributed by atoms with Crippen LogP contribution in [-0.4, -0.2) is 34.2 Å². The summed E-state index contributed by atoms with van der Waals surface area (Å²) in [7, 11) is 0. The molecule has 0 bridgehead atoms. The Morgan fingerprint density at radius 2 is 1.70 bits per heavy atom. The molecule has 0 saturated heterocycles. The van der Waals surface area contributed by atoms with Gasteiger partial charge in [0.05, 0.1) is 4.92 Å². The third kappa shape index (κ3) is 7.93. The normalized spacial score (nSPS) is 12.8. The molecule has 1 aromatic rings. The molecule has 150 valence electrons. The average Bonchev–Trinajstić information content (AvgIpc) is 2.44. The van der Waals surface area contributed by atoms with Gasteiger partial charge in [-0.05, 0) is 53.2 Å². The molecular weight excluding hydrogens is 354 g/mol. The quantitative estimate of drug-likeness (QED) is 0.346. The van der Waals surface area contributed by atoms with Gasteiger partial charge < -0.3 is 20.5 Å². The van der Waals surface area contributed by atoms with Gasteiger partial charge in [0.15, 0.2) is 0 Å². The molecule has 9 heteroatoms. The van der Waals surface area contributed by atoms with Crippen molar-refractivity contribution in [2.24, 2.45) is 0 Å². The maximum atomic E-state index is 12.5. The predicted octanol–water partition coefficient (Wildman–Crippen LogP) is 2.95. The number of nitrogens with one attached hydrogen (secondary N) is 1. The molecule has 0 saturated carbocycles. The number of nitrogen functional groups attached to an aromatic ring is 1. The standard InChI is InChI=1S/C18H27N3O6/c1-17(2,3)26-15(22)13(20-16(23)27-18(4,5)6)9-11-7-8-12(19)14(10-11)21(24)25/h7-8,10,13H,9,19H2,1-6H3,(H,20,23)/t13-/m0/s1. The van der Waals surface area contributed by atoms with Crippen LogP contribution in [0.3, 0.4) is 0 Å². The van der Waals surface area contributed by atoms with Gasteiger partial charge in [-0.2, -0.15) is 0 Å². The average molecular weight is 381 g/mol. The number of hydrogen-bond donors (Lipinski definition) is 2. The number of benzene rings is 1. The minimum absolute atomic E-state index is 0.0117. The molecule has 0 aliphatic rings. The number of nitrogens with two attached hydrogens (primary N) is 1. The molecule has 0 fully saturated rings. The maximum absolute atomic E-state index is 12.5. The first-order valence-corrected chi connectivity index (χ1v) is 8.43. The van der Waals surface area contributed by atoms with Crippen molar-refractivity contribution in [2.75, 3.05) is 5.73 Å². The van der Waals surface area contributed by atoms with E-state index in [2.05, 4.69) is 5.32 Å². The Balaban J connectivity index is 3.07. The zero-order valence-corrected chi connectivity index (χ0v) is 16.5. The van der Waals surface area contributed by atoms with E-state index in [4.69, 9.17) is 15.2 Å². The van der Waals surface area contributed by atoms with Crippen molar-refractivity contribution in [3.05, 3.63) is 33.9 Å². The summed E-state index contributed by atoms with van der Waals surface area (Å²) in [6, 6.07) is 3.12. The number of carbonyl (C=O) groups excluding carboxylic acids is 2. The Kier molecular flexibility index (Phi) is 6.77. The van der Waals surface area contributed by atoms with E-state index < -0.39 is 34.2 Å². The molecule has 0 spiro atoms. The summed E-state index contributed by atoms with van der Waals surface area (Å²) < 4.78 is 10.5. The molecule has 3 N–H and O–H groups in total. The fraction of sp³-hybridized carbons (Fsp3) is 0.556. The lowest BCUT2D eigenvalue weighted by molar-refractivity contribution is -0.384. The number of esters is 1. The number of rotatable bonds is 5. The van der Waals surface area contributed by atoms with E-state index in [0.29, 0.717) is 5.56 Å². The number of amides is 1. The molecule has 1 amide bonds. The number of anilines is 1. The first-order chi connectivity index (χ1) is 12.2. The van der Waals surface area contributed by atoms with Gasteiger partial charge in [0.1, 0.15) is 22.9 Å². The van der Waals surface area contributed by atoms with Gasteiger partial charge in [0, 0.05) is 12.5 Å². The van der Waals surface area contributed by atoms with Gasteiger partial charge in [0.25, 0.3) is 5.69 Å². The molecule has 9 nitrogen and oxygen atoms in total. The van der Waals surface area contributed by atoms with E-state index in [-0.39, 0.29) is 17.8 Å². The van der Waals surface area contributed by atoms with E-state index in [0.717, 1.165) is 0 Å². The van der Waals surface area contributed by atoms with Crippen LogP contribution in [0.5, 0.6) is 0 Å². The molecule has 0 radical (unpaired) electrons. The van der Waals surface area contributed by atoms with Crippen molar-refractivity contribution >= 4 is 23.4 Å². The molecule has 1 aromatic carbocycles. The number of ether oxygens (including phenoxy) is 2. The van der Waals surface area contributed by atoms with Gasteiger partial charge in [-0.15, -0.1) is 0 Å². The molecule has 0 heterocycles. The van der Waals surface area contributed by atoms with Gasteiger partial charge in [-0.25, -0.2) is 9.59 Å². The van der Waals surface area contributed by atoms with Crippen LogP contribution < -0.4 is 11.1 Å². The second kappa shape index (κ2) is 8.24. The Bertz CT molecular complexity index is 719.